The minimum absolute atomic E-state index is 0.0803. The molecule has 1 aromatic heterocycles. The van der Waals surface area contributed by atoms with Crippen LogP contribution in [0, 0.1) is 0 Å². The molecule has 0 aliphatic rings. The van der Waals surface area contributed by atoms with Crippen LogP contribution in [0.1, 0.15) is 26.1 Å². The molecule has 0 saturated heterocycles. The highest BCUT2D eigenvalue weighted by molar-refractivity contribution is 5.75. The third-order valence-corrected chi connectivity index (χ3v) is 2.65. The van der Waals surface area contributed by atoms with Crippen LogP contribution in [0.25, 0.3) is 0 Å². The van der Waals surface area contributed by atoms with E-state index < -0.39 is 5.97 Å². The number of aromatic nitrogens is 3. The number of nitrogens with zero attached hydrogens (tertiary/aromatic N) is 4. The van der Waals surface area contributed by atoms with Crippen LogP contribution in [0.4, 0.5) is 4.79 Å². The summed E-state index contributed by atoms with van der Waals surface area (Å²) in [6, 6.07) is -0.678. The van der Waals surface area contributed by atoms with E-state index in [-0.39, 0.29) is 25.0 Å². The maximum atomic E-state index is 11.9. The molecule has 0 aliphatic carbocycles. The van der Waals surface area contributed by atoms with E-state index in [1.54, 1.807) is 31.9 Å². The van der Waals surface area contributed by atoms with Gasteiger partial charge >= 0.3 is 12.0 Å². The lowest BCUT2D eigenvalue weighted by molar-refractivity contribution is -0.138. The van der Waals surface area contributed by atoms with Crippen molar-refractivity contribution >= 4 is 12.0 Å². The molecule has 0 fully saturated rings. The Bertz CT molecular complexity index is 445. The van der Waals surface area contributed by atoms with Crippen molar-refractivity contribution in [3.05, 3.63) is 12.2 Å². The molecule has 0 radical (unpaired) electrons. The number of aliphatic carboxylic acids is 1. The number of hydrogen-bond acceptors (Lipinski definition) is 4. The van der Waals surface area contributed by atoms with Crippen molar-refractivity contribution in [1.29, 1.82) is 0 Å². The summed E-state index contributed by atoms with van der Waals surface area (Å²) >= 11 is 0. The van der Waals surface area contributed by atoms with Crippen molar-refractivity contribution in [2.24, 2.45) is 7.05 Å². The molecule has 19 heavy (non-hydrogen) atoms. The Kier molecular flexibility index (Phi) is 5.28. The van der Waals surface area contributed by atoms with E-state index >= 15 is 0 Å². The molecule has 1 unspecified atom stereocenters. The Morgan fingerprint density at radius 1 is 1.58 bits per heavy atom. The largest absolute Gasteiger partial charge is 0.481 e. The highest BCUT2D eigenvalue weighted by Gasteiger charge is 2.20. The number of amides is 2. The average molecular weight is 269 g/mol. The van der Waals surface area contributed by atoms with Gasteiger partial charge in [-0.15, -0.1) is 0 Å². The molecule has 2 N–H and O–H groups in total. The molecule has 1 heterocycles. The van der Waals surface area contributed by atoms with Gasteiger partial charge in [0.25, 0.3) is 0 Å². The number of urea groups is 1. The standard InChI is InChI=1S/C11H19N5O3/c1-4-16(8(2)5-10(17)18)11(19)12-6-9-13-7-15(3)14-9/h7-8H,4-6H2,1-3H3,(H,12,19)(H,17,18). The first-order valence-corrected chi connectivity index (χ1v) is 6.04. The molecule has 106 valence electrons. The minimum atomic E-state index is -0.926. The molecule has 0 saturated carbocycles. The molecule has 0 spiro atoms. The van der Waals surface area contributed by atoms with E-state index in [0.717, 1.165) is 0 Å². The first-order chi connectivity index (χ1) is 8.93. The summed E-state index contributed by atoms with van der Waals surface area (Å²) in [6.45, 7) is 4.17. The SMILES string of the molecule is CCN(C(=O)NCc1ncn(C)n1)C(C)CC(=O)O. The van der Waals surface area contributed by atoms with E-state index in [1.807, 2.05) is 0 Å². The van der Waals surface area contributed by atoms with Crippen molar-refractivity contribution in [1.82, 2.24) is 25.0 Å². The first kappa shape index (κ1) is 14.9. The zero-order valence-corrected chi connectivity index (χ0v) is 11.3. The van der Waals surface area contributed by atoms with Gasteiger partial charge in [-0.1, -0.05) is 0 Å². The zero-order valence-electron chi connectivity index (χ0n) is 11.3. The van der Waals surface area contributed by atoms with E-state index in [9.17, 15) is 9.59 Å². The Balaban J connectivity index is 2.51. The predicted octanol–water partition coefficient (Wildman–Crippen LogP) is 0.210. The van der Waals surface area contributed by atoms with Crippen LogP contribution in [-0.4, -0.2) is 49.4 Å². The molecular weight excluding hydrogens is 250 g/mol. The van der Waals surface area contributed by atoms with Crippen molar-refractivity contribution in [2.75, 3.05) is 6.54 Å². The lowest BCUT2D eigenvalue weighted by atomic mass is 10.2. The maximum Gasteiger partial charge on any atom is 0.318 e. The zero-order chi connectivity index (χ0) is 14.4. The van der Waals surface area contributed by atoms with Gasteiger partial charge in [0.05, 0.1) is 13.0 Å². The van der Waals surface area contributed by atoms with Crippen LogP contribution < -0.4 is 5.32 Å². The highest BCUT2D eigenvalue weighted by Crippen LogP contribution is 2.04. The lowest BCUT2D eigenvalue weighted by Crippen LogP contribution is -2.45. The van der Waals surface area contributed by atoms with Gasteiger partial charge < -0.3 is 15.3 Å². The molecule has 2 amide bonds. The number of carboxylic acids is 1. The summed E-state index contributed by atoms with van der Waals surface area (Å²) in [7, 11) is 1.74. The minimum Gasteiger partial charge on any atom is -0.481 e. The Hall–Kier alpha value is -2.12. The Labute approximate surface area is 111 Å². The lowest BCUT2D eigenvalue weighted by Gasteiger charge is -2.26. The van der Waals surface area contributed by atoms with Gasteiger partial charge in [0.1, 0.15) is 6.33 Å². The molecule has 8 nitrogen and oxygen atoms in total. The van der Waals surface area contributed by atoms with Gasteiger partial charge in [0.2, 0.25) is 0 Å². The number of aryl methyl sites for hydroxylation is 1. The summed E-state index contributed by atoms with van der Waals surface area (Å²) in [5, 5.41) is 15.5. The maximum absolute atomic E-state index is 11.9. The Morgan fingerprint density at radius 3 is 2.74 bits per heavy atom. The molecule has 0 bridgehead atoms. The van der Waals surface area contributed by atoms with Gasteiger partial charge in [-0.2, -0.15) is 5.10 Å². The van der Waals surface area contributed by atoms with Gasteiger partial charge in [-0.25, -0.2) is 9.78 Å². The van der Waals surface area contributed by atoms with Crippen LogP contribution >= 0.6 is 0 Å². The van der Waals surface area contributed by atoms with Crippen LogP contribution in [0.15, 0.2) is 6.33 Å². The molecule has 1 aromatic rings. The van der Waals surface area contributed by atoms with Gasteiger partial charge in [0.15, 0.2) is 5.82 Å². The Morgan fingerprint density at radius 2 is 2.26 bits per heavy atom. The fourth-order valence-electron chi connectivity index (χ4n) is 1.74. The number of hydrogen-bond donors (Lipinski definition) is 2. The fourth-order valence-corrected chi connectivity index (χ4v) is 1.74. The monoisotopic (exact) mass is 269 g/mol. The van der Waals surface area contributed by atoms with Crippen LogP contribution in [0.5, 0.6) is 0 Å². The highest BCUT2D eigenvalue weighted by atomic mass is 16.4. The van der Waals surface area contributed by atoms with Crippen molar-refractivity contribution in [3.8, 4) is 0 Å². The fraction of sp³-hybridized carbons (Fsp3) is 0.636. The quantitative estimate of drug-likeness (QED) is 0.769. The molecule has 1 rings (SSSR count). The van der Waals surface area contributed by atoms with Crippen molar-refractivity contribution in [3.63, 3.8) is 0 Å². The second kappa shape index (κ2) is 6.72. The summed E-state index contributed by atoms with van der Waals surface area (Å²) in [6.07, 6.45) is 1.47. The van der Waals surface area contributed by atoms with Crippen molar-refractivity contribution in [2.45, 2.75) is 32.9 Å². The van der Waals surface area contributed by atoms with Gasteiger partial charge in [-0.3, -0.25) is 9.48 Å². The summed E-state index contributed by atoms with van der Waals surface area (Å²) in [4.78, 5) is 28.1. The second-order valence-electron chi connectivity index (χ2n) is 4.23. The molecule has 0 aliphatic heterocycles. The second-order valence-corrected chi connectivity index (χ2v) is 4.23. The molecular formula is C11H19N5O3. The predicted molar refractivity (Wildman–Crippen MR) is 67.3 cm³/mol. The van der Waals surface area contributed by atoms with Crippen LogP contribution in [-0.2, 0) is 18.4 Å². The third kappa shape index (κ3) is 4.57. The van der Waals surface area contributed by atoms with Crippen LogP contribution in [0.2, 0.25) is 0 Å². The van der Waals surface area contributed by atoms with Crippen LogP contribution in [0.3, 0.4) is 0 Å². The molecule has 8 heteroatoms. The average Bonchev–Trinajstić information content (AvgIpc) is 2.72. The normalized spacial score (nSPS) is 11.9. The number of nitrogens with one attached hydrogen (secondary N) is 1. The molecule has 1 atom stereocenters. The smallest absolute Gasteiger partial charge is 0.318 e. The van der Waals surface area contributed by atoms with Gasteiger partial charge in [-0.05, 0) is 13.8 Å². The number of carboxylic acid groups (broad SMARTS) is 1. The number of carbonyl (C=O) groups is 2. The van der Waals surface area contributed by atoms with E-state index in [0.29, 0.717) is 12.4 Å². The third-order valence-electron chi connectivity index (χ3n) is 2.65. The van der Waals surface area contributed by atoms with E-state index in [1.165, 1.54) is 4.90 Å². The van der Waals surface area contributed by atoms with E-state index in [4.69, 9.17) is 5.11 Å². The summed E-state index contributed by atoms with van der Waals surface area (Å²) in [5.74, 6) is -0.414. The van der Waals surface area contributed by atoms with E-state index in [2.05, 4.69) is 15.4 Å². The topological polar surface area (TPSA) is 100 Å². The number of rotatable bonds is 6. The summed E-state index contributed by atoms with van der Waals surface area (Å²) in [5.41, 5.74) is 0. The molecule has 0 aromatic carbocycles. The van der Waals surface area contributed by atoms with Crippen molar-refractivity contribution < 1.29 is 14.7 Å². The summed E-state index contributed by atoms with van der Waals surface area (Å²) < 4.78 is 1.55. The first-order valence-electron chi connectivity index (χ1n) is 6.04. The number of carbonyl (C=O) groups excluding carboxylic acids is 1. The van der Waals surface area contributed by atoms with Gasteiger partial charge in [0, 0.05) is 19.6 Å².